The summed E-state index contributed by atoms with van der Waals surface area (Å²) in [7, 11) is 1.52. The van der Waals surface area contributed by atoms with E-state index in [9.17, 15) is 5.11 Å². The first-order chi connectivity index (χ1) is 9.71. The molecule has 1 aliphatic heterocycles. The molecule has 2 aromatic heterocycles. The van der Waals surface area contributed by atoms with Crippen molar-refractivity contribution in [2.75, 3.05) is 20.2 Å². The zero-order valence-corrected chi connectivity index (χ0v) is 11.0. The highest BCUT2D eigenvalue weighted by Gasteiger charge is 2.37. The second kappa shape index (κ2) is 5.14. The van der Waals surface area contributed by atoms with Gasteiger partial charge >= 0.3 is 0 Å². The van der Waals surface area contributed by atoms with E-state index in [0.717, 1.165) is 13.1 Å². The number of hydrogen-bond donors (Lipinski definition) is 2. The van der Waals surface area contributed by atoms with Crippen molar-refractivity contribution in [3.63, 3.8) is 0 Å². The lowest BCUT2D eigenvalue weighted by atomic mass is 9.92. The Bertz CT molecular complexity index is 594. The predicted octanol–water partition coefficient (Wildman–Crippen LogP) is 0.106. The molecule has 0 bridgehead atoms. The molecule has 0 unspecified atom stereocenters. The monoisotopic (exact) mass is 277 g/mol. The summed E-state index contributed by atoms with van der Waals surface area (Å²) in [5.74, 6) is 0.959. The Morgan fingerprint density at radius 1 is 1.35 bits per heavy atom. The number of ether oxygens (including phenoxy) is 1. The summed E-state index contributed by atoms with van der Waals surface area (Å²) in [6.07, 6.45) is 2.45. The molecule has 3 heterocycles. The number of hydrogen-bond acceptors (Lipinski definition) is 8. The van der Waals surface area contributed by atoms with Crippen molar-refractivity contribution in [2.45, 2.75) is 18.4 Å². The molecule has 8 nitrogen and oxygen atoms in total. The summed E-state index contributed by atoms with van der Waals surface area (Å²) < 4.78 is 10.2. The van der Waals surface area contributed by atoms with Gasteiger partial charge in [-0.05, 0) is 25.9 Å². The minimum atomic E-state index is -1.06. The minimum Gasteiger partial charge on any atom is -0.481 e. The summed E-state index contributed by atoms with van der Waals surface area (Å²) in [6, 6.07) is 1.61. The molecule has 0 atom stereocenters. The molecule has 0 amide bonds. The molecule has 106 valence electrons. The van der Waals surface area contributed by atoms with Gasteiger partial charge in [0.05, 0.1) is 7.11 Å². The SMILES string of the molecule is COc1cc(-c2noc(C3(O)CCNCC3)n2)ncn1. The Morgan fingerprint density at radius 3 is 2.90 bits per heavy atom. The maximum atomic E-state index is 10.5. The van der Waals surface area contributed by atoms with Gasteiger partial charge in [0, 0.05) is 6.07 Å². The van der Waals surface area contributed by atoms with Crippen molar-refractivity contribution in [1.82, 2.24) is 25.4 Å². The molecule has 1 aliphatic rings. The fourth-order valence-corrected chi connectivity index (χ4v) is 2.14. The van der Waals surface area contributed by atoms with Crippen molar-refractivity contribution in [3.8, 4) is 17.4 Å². The topological polar surface area (TPSA) is 106 Å². The van der Waals surface area contributed by atoms with Gasteiger partial charge in [0.2, 0.25) is 11.7 Å². The van der Waals surface area contributed by atoms with Gasteiger partial charge in [-0.3, -0.25) is 0 Å². The lowest BCUT2D eigenvalue weighted by molar-refractivity contribution is -0.0228. The Hall–Kier alpha value is -2.06. The third-order valence-corrected chi connectivity index (χ3v) is 3.34. The van der Waals surface area contributed by atoms with Gasteiger partial charge in [-0.25, -0.2) is 9.97 Å². The molecule has 3 rings (SSSR count). The standard InChI is InChI=1S/C12H15N5O3/c1-19-9-6-8(14-7-15-9)10-16-11(20-17-10)12(18)2-4-13-5-3-12/h6-7,13,18H,2-5H2,1H3. The van der Waals surface area contributed by atoms with E-state index >= 15 is 0 Å². The normalized spacial score (nSPS) is 17.9. The summed E-state index contributed by atoms with van der Waals surface area (Å²) in [5.41, 5.74) is -0.572. The zero-order valence-electron chi connectivity index (χ0n) is 11.0. The minimum absolute atomic E-state index is 0.228. The number of piperidine rings is 1. The van der Waals surface area contributed by atoms with Gasteiger partial charge < -0.3 is 19.7 Å². The van der Waals surface area contributed by atoms with Crippen LogP contribution in [0, 0.1) is 0 Å². The number of nitrogens with zero attached hydrogens (tertiary/aromatic N) is 4. The number of nitrogens with one attached hydrogen (secondary N) is 1. The molecule has 0 aromatic carbocycles. The fraction of sp³-hybridized carbons (Fsp3) is 0.500. The Labute approximate surface area is 115 Å². The van der Waals surface area contributed by atoms with Gasteiger partial charge in [0.15, 0.2) is 0 Å². The van der Waals surface area contributed by atoms with E-state index in [0.29, 0.717) is 30.2 Å². The highest BCUT2D eigenvalue weighted by atomic mass is 16.5. The molecule has 20 heavy (non-hydrogen) atoms. The van der Waals surface area contributed by atoms with Crippen LogP contribution in [0.5, 0.6) is 5.88 Å². The Kier molecular flexibility index (Phi) is 3.33. The van der Waals surface area contributed by atoms with E-state index in [2.05, 4.69) is 25.4 Å². The third kappa shape index (κ3) is 2.35. The van der Waals surface area contributed by atoms with Crippen LogP contribution in [0.3, 0.4) is 0 Å². The largest absolute Gasteiger partial charge is 0.481 e. The summed E-state index contributed by atoms with van der Waals surface area (Å²) in [5, 5.41) is 17.6. The van der Waals surface area contributed by atoms with Crippen LogP contribution in [0.15, 0.2) is 16.9 Å². The van der Waals surface area contributed by atoms with E-state index in [1.807, 2.05) is 0 Å². The first-order valence-electron chi connectivity index (χ1n) is 6.35. The van der Waals surface area contributed by atoms with E-state index in [1.54, 1.807) is 6.07 Å². The van der Waals surface area contributed by atoms with E-state index in [-0.39, 0.29) is 5.89 Å². The number of aromatic nitrogens is 4. The maximum Gasteiger partial charge on any atom is 0.259 e. The average molecular weight is 277 g/mol. The molecule has 0 radical (unpaired) electrons. The van der Waals surface area contributed by atoms with Crippen molar-refractivity contribution in [2.24, 2.45) is 0 Å². The molecule has 1 fully saturated rings. The third-order valence-electron chi connectivity index (χ3n) is 3.34. The Balaban J connectivity index is 1.89. The average Bonchev–Trinajstić information content (AvgIpc) is 2.99. The molecular formula is C12H15N5O3. The molecule has 1 saturated heterocycles. The fourth-order valence-electron chi connectivity index (χ4n) is 2.14. The molecule has 0 saturated carbocycles. The number of aliphatic hydroxyl groups is 1. The van der Waals surface area contributed by atoms with Crippen molar-refractivity contribution < 1.29 is 14.4 Å². The van der Waals surface area contributed by atoms with Crippen LogP contribution >= 0.6 is 0 Å². The summed E-state index contributed by atoms with van der Waals surface area (Å²) >= 11 is 0. The molecule has 0 aliphatic carbocycles. The second-order valence-electron chi connectivity index (χ2n) is 4.65. The van der Waals surface area contributed by atoms with Crippen molar-refractivity contribution in [1.29, 1.82) is 0 Å². The van der Waals surface area contributed by atoms with Crippen molar-refractivity contribution >= 4 is 0 Å². The van der Waals surface area contributed by atoms with E-state index in [1.165, 1.54) is 13.4 Å². The van der Waals surface area contributed by atoms with Gasteiger partial charge in [0.25, 0.3) is 5.89 Å². The van der Waals surface area contributed by atoms with Gasteiger partial charge in [0.1, 0.15) is 17.6 Å². The molecule has 0 spiro atoms. The maximum absolute atomic E-state index is 10.5. The smallest absolute Gasteiger partial charge is 0.259 e. The predicted molar refractivity (Wildman–Crippen MR) is 67.9 cm³/mol. The number of methoxy groups -OCH3 is 1. The molecule has 2 N–H and O–H groups in total. The zero-order chi connectivity index (χ0) is 14.0. The van der Waals surface area contributed by atoms with Crippen LogP contribution in [0.2, 0.25) is 0 Å². The first kappa shape index (κ1) is 12.9. The molecule has 2 aromatic rings. The number of rotatable bonds is 3. The van der Waals surface area contributed by atoms with E-state index < -0.39 is 5.60 Å². The molecular weight excluding hydrogens is 262 g/mol. The van der Waals surface area contributed by atoms with Gasteiger partial charge in [-0.2, -0.15) is 4.98 Å². The van der Waals surface area contributed by atoms with Crippen molar-refractivity contribution in [3.05, 3.63) is 18.3 Å². The van der Waals surface area contributed by atoms with Gasteiger partial charge in [-0.15, -0.1) is 0 Å². The summed E-state index contributed by atoms with van der Waals surface area (Å²) in [4.78, 5) is 12.2. The second-order valence-corrected chi connectivity index (χ2v) is 4.65. The lowest BCUT2D eigenvalue weighted by Gasteiger charge is -2.28. The Morgan fingerprint density at radius 2 is 2.15 bits per heavy atom. The summed E-state index contributed by atoms with van der Waals surface area (Å²) in [6.45, 7) is 1.44. The van der Waals surface area contributed by atoms with Crippen LogP contribution in [-0.4, -0.2) is 45.4 Å². The van der Waals surface area contributed by atoms with Crippen LogP contribution in [0.25, 0.3) is 11.5 Å². The van der Waals surface area contributed by atoms with Crippen LogP contribution in [-0.2, 0) is 5.60 Å². The van der Waals surface area contributed by atoms with Crippen LogP contribution in [0.1, 0.15) is 18.7 Å². The first-order valence-corrected chi connectivity index (χ1v) is 6.35. The highest BCUT2D eigenvalue weighted by molar-refractivity contribution is 5.49. The van der Waals surface area contributed by atoms with E-state index in [4.69, 9.17) is 9.26 Å². The van der Waals surface area contributed by atoms with Crippen LogP contribution < -0.4 is 10.1 Å². The molecule has 8 heteroatoms. The van der Waals surface area contributed by atoms with Crippen LogP contribution in [0.4, 0.5) is 0 Å². The quantitative estimate of drug-likeness (QED) is 0.814. The van der Waals surface area contributed by atoms with Gasteiger partial charge in [-0.1, -0.05) is 5.16 Å². The lowest BCUT2D eigenvalue weighted by Crippen LogP contribution is -2.39. The highest BCUT2D eigenvalue weighted by Crippen LogP contribution is 2.30.